The van der Waals surface area contributed by atoms with Crippen LogP contribution in [0.4, 0.5) is 0 Å². The van der Waals surface area contributed by atoms with E-state index in [9.17, 15) is 0 Å². The molecule has 2 aromatic rings. The summed E-state index contributed by atoms with van der Waals surface area (Å²) < 4.78 is 0. The molecule has 0 heterocycles. The topological polar surface area (TPSA) is 12.4 Å². The molecule has 0 saturated carbocycles. The Kier molecular flexibility index (Phi) is 2.29. The van der Waals surface area contributed by atoms with Crippen molar-refractivity contribution < 1.29 is 0 Å². The number of rotatable bonds is 1. The molecule has 0 unspecified atom stereocenters. The molecule has 2 aromatic carbocycles. The van der Waals surface area contributed by atoms with Crippen LogP contribution < -0.4 is 0 Å². The van der Waals surface area contributed by atoms with Gasteiger partial charge < -0.3 is 0 Å². The Morgan fingerprint density at radius 2 is 1.71 bits per heavy atom. The molecule has 3 aliphatic rings. The van der Waals surface area contributed by atoms with Crippen molar-refractivity contribution in [2.45, 2.75) is 25.3 Å². The number of aliphatic imine (C=N–C) groups is 1. The third-order valence-corrected chi connectivity index (χ3v) is 4.88. The lowest BCUT2D eigenvalue weighted by atomic mass is 9.89. The van der Waals surface area contributed by atoms with Crippen molar-refractivity contribution >= 4 is 5.71 Å². The molecule has 0 fully saturated rings. The summed E-state index contributed by atoms with van der Waals surface area (Å²) in [7, 11) is 0. The summed E-state index contributed by atoms with van der Waals surface area (Å²) in [6, 6.07) is 17.8. The van der Waals surface area contributed by atoms with Crippen LogP contribution in [-0.4, -0.2) is 5.71 Å². The Balaban J connectivity index is 1.61. The van der Waals surface area contributed by atoms with Crippen LogP contribution in [-0.2, 0) is 12.8 Å². The third kappa shape index (κ3) is 1.73. The van der Waals surface area contributed by atoms with Crippen LogP contribution in [0.25, 0.3) is 0 Å². The molecular weight excluding hydrogens is 254 g/mol. The normalized spacial score (nSPS) is 24.3. The van der Waals surface area contributed by atoms with Gasteiger partial charge in [0, 0.05) is 11.5 Å². The number of hydrogen-bond donors (Lipinski definition) is 0. The van der Waals surface area contributed by atoms with Gasteiger partial charge >= 0.3 is 0 Å². The van der Waals surface area contributed by atoms with Gasteiger partial charge in [0.05, 0.1) is 11.8 Å². The van der Waals surface area contributed by atoms with Crippen molar-refractivity contribution in [1.82, 2.24) is 0 Å². The highest BCUT2D eigenvalue weighted by molar-refractivity contribution is 6.21. The summed E-state index contributed by atoms with van der Waals surface area (Å²) in [5.74, 6) is 1.48. The Morgan fingerprint density at radius 3 is 2.67 bits per heavy atom. The van der Waals surface area contributed by atoms with Crippen molar-refractivity contribution in [3.63, 3.8) is 0 Å². The molecule has 0 spiro atoms. The summed E-state index contributed by atoms with van der Waals surface area (Å²) in [6.45, 7) is 0. The molecule has 1 heteroatoms. The molecule has 21 heavy (non-hydrogen) atoms. The molecule has 0 N–H and O–H groups in total. The van der Waals surface area contributed by atoms with Gasteiger partial charge in [-0.15, -0.1) is 0 Å². The Morgan fingerprint density at radius 1 is 0.905 bits per heavy atom. The fraction of sp³-hybridized carbons (Fsp3) is 0.200. The Labute approximate surface area is 125 Å². The zero-order valence-corrected chi connectivity index (χ0v) is 11.8. The fourth-order valence-corrected chi connectivity index (χ4v) is 3.72. The average molecular weight is 270 g/mol. The minimum atomic E-state index is 0.338. The van der Waals surface area contributed by atoms with E-state index in [0.29, 0.717) is 6.04 Å². The lowest BCUT2D eigenvalue weighted by molar-refractivity contribution is 0.716. The van der Waals surface area contributed by atoms with E-state index in [4.69, 9.17) is 4.99 Å². The van der Waals surface area contributed by atoms with Crippen molar-refractivity contribution in [2.75, 3.05) is 0 Å². The standard InChI is InChI=1S/C20H16N/c1-3-7-16-13(5-1)9-10-19(16)21-20-17-8-4-2-6-14(17)11-15-12-18(15)20/h1-8,12,19H,9-11H2/t19-/m1/s1. The van der Waals surface area contributed by atoms with E-state index in [-0.39, 0.29) is 0 Å². The van der Waals surface area contributed by atoms with Crippen LogP contribution in [0, 0.1) is 5.92 Å². The number of fused-ring (bicyclic) bond motifs is 3. The number of hydrogen-bond acceptors (Lipinski definition) is 1. The van der Waals surface area contributed by atoms with E-state index < -0.39 is 0 Å². The van der Waals surface area contributed by atoms with Gasteiger partial charge in [0.1, 0.15) is 0 Å². The molecule has 0 aromatic heterocycles. The minimum Gasteiger partial charge on any atom is -0.276 e. The number of aryl methyl sites for hydroxylation is 1. The summed E-state index contributed by atoms with van der Waals surface area (Å²) in [5, 5.41) is 0. The van der Waals surface area contributed by atoms with E-state index in [1.165, 1.54) is 39.5 Å². The lowest BCUT2D eigenvalue weighted by Crippen LogP contribution is -2.13. The van der Waals surface area contributed by atoms with Gasteiger partial charge in [-0.05, 0) is 41.5 Å². The molecule has 0 amide bonds. The maximum atomic E-state index is 5.17. The molecule has 5 rings (SSSR count). The maximum Gasteiger partial charge on any atom is 0.0762 e. The van der Waals surface area contributed by atoms with E-state index in [2.05, 4.69) is 54.6 Å². The highest BCUT2D eigenvalue weighted by Crippen LogP contribution is 2.45. The molecule has 1 atom stereocenters. The smallest absolute Gasteiger partial charge is 0.0762 e. The first-order chi connectivity index (χ1) is 10.4. The molecular formula is C20H16N. The van der Waals surface area contributed by atoms with Gasteiger partial charge in [0.2, 0.25) is 0 Å². The summed E-state index contributed by atoms with van der Waals surface area (Å²) in [6.07, 6.45) is 5.70. The quantitative estimate of drug-likeness (QED) is 0.735. The van der Waals surface area contributed by atoms with E-state index in [1.54, 1.807) is 0 Å². The van der Waals surface area contributed by atoms with Gasteiger partial charge in [-0.1, -0.05) is 54.6 Å². The molecule has 3 aliphatic carbocycles. The van der Waals surface area contributed by atoms with Gasteiger partial charge in [0.15, 0.2) is 0 Å². The largest absolute Gasteiger partial charge is 0.276 e. The van der Waals surface area contributed by atoms with Crippen LogP contribution in [0.1, 0.15) is 34.7 Å². The van der Waals surface area contributed by atoms with Crippen molar-refractivity contribution in [1.29, 1.82) is 0 Å². The van der Waals surface area contributed by atoms with Crippen LogP contribution >= 0.6 is 0 Å². The Hall–Kier alpha value is -2.15. The van der Waals surface area contributed by atoms with Gasteiger partial charge in [-0.2, -0.15) is 0 Å². The molecule has 1 nitrogen and oxygen atoms in total. The van der Waals surface area contributed by atoms with Gasteiger partial charge in [-0.25, -0.2) is 0 Å². The van der Waals surface area contributed by atoms with E-state index >= 15 is 0 Å². The molecule has 101 valence electrons. The summed E-state index contributed by atoms with van der Waals surface area (Å²) in [4.78, 5) is 5.17. The monoisotopic (exact) mass is 270 g/mol. The lowest BCUT2D eigenvalue weighted by Gasteiger charge is -2.18. The van der Waals surface area contributed by atoms with Gasteiger partial charge in [0.25, 0.3) is 0 Å². The second kappa shape index (κ2) is 4.17. The van der Waals surface area contributed by atoms with Crippen molar-refractivity contribution in [2.24, 2.45) is 4.99 Å². The number of allylic oxidation sites excluding steroid dienone is 2. The predicted molar refractivity (Wildman–Crippen MR) is 85.5 cm³/mol. The zero-order chi connectivity index (χ0) is 13.8. The van der Waals surface area contributed by atoms with E-state index in [1.807, 2.05) is 0 Å². The second-order valence-corrected chi connectivity index (χ2v) is 6.15. The van der Waals surface area contributed by atoms with Crippen molar-refractivity contribution in [3.8, 4) is 0 Å². The van der Waals surface area contributed by atoms with E-state index in [0.717, 1.165) is 19.3 Å². The highest BCUT2D eigenvalue weighted by atomic mass is 14.8. The highest BCUT2D eigenvalue weighted by Gasteiger charge is 2.37. The zero-order valence-electron chi connectivity index (χ0n) is 11.8. The SMILES string of the molecule is C1=C2[C]1Cc1ccccc1C2=N[C@@H]1CCc2ccccc21. The molecule has 1 radical (unpaired) electrons. The minimum absolute atomic E-state index is 0.338. The first kappa shape index (κ1) is 11.5. The molecule has 0 bridgehead atoms. The number of benzene rings is 2. The van der Waals surface area contributed by atoms with Gasteiger partial charge in [-0.3, -0.25) is 4.99 Å². The molecule has 0 saturated heterocycles. The fourth-order valence-electron chi connectivity index (χ4n) is 3.72. The predicted octanol–water partition coefficient (Wildman–Crippen LogP) is 4.23. The molecule has 0 aliphatic heterocycles. The van der Waals surface area contributed by atoms with Crippen LogP contribution in [0.15, 0.2) is 65.2 Å². The second-order valence-electron chi connectivity index (χ2n) is 6.15. The van der Waals surface area contributed by atoms with Crippen LogP contribution in [0.5, 0.6) is 0 Å². The summed E-state index contributed by atoms with van der Waals surface area (Å²) >= 11 is 0. The Bertz CT molecular complexity index is 797. The number of nitrogens with zero attached hydrogens (tertiary/aromatic N) is 1. The first-order valence-corrected chi connectivity index (χ1v) is 7.72. The van der Waals surface area contributed by atoms with Crippen molar-refractivity contribution in [3.05, 3.63) is 88.4 Å². The first-order valence-electron chi connectivity index (χ1n) is 7.72. The summed E-state index contributed by atoms with van der Waals surface area (Å²) in [5.41, 5.74) is 8.30. The van der Waals surface area contributed by atoms with Crippen LogP contribution in [0.2, 0.25) is 0 Å². The average Bonchev–Trinajstić information content (AvgIpc) is 3.19. The maximum absolute atomic E-state index is 5.17. The van der Waals surface area contributed by atoms with Crippen LogP contribution in [0.3, 0.4) is 0 Å². The third-order valence-electron chi connectivity index (χ3n) is 4.88.